The Morgan fingerprint density at radius 3 is 2.79 bits per heavy atom. The third kappa shape index (κ3) is 3.31. The molecule has 2 saturated heterocycles. The van der Waals surface area contributed by atoms with E-state index < -0.39 is 9.84 Å². The molecule has 2 aliphatic heterocycles. The fourth-order valence-electron chi connectivity index (χ4n) is 2.50. The number of thioether (sulfide) groups is 1. The Morgan fingerprint density at radius 2 is 2.16 bits per heavy atom. The first-order valence-electron chi connectivity index (χ1n) is 6.72. The molecular formula is C12H20N2O3S2. The van der Waals surface area contributed by atoms with Gasteiger partial charge in [0, 0.05) is 18.2 Å². The molecule has 2 rings (SSSR count). The predicted molar refractivity (Wildman–Crippen MR) is 78.2 cm³/mol. The molecule has 0 saturated carbocycles. The van der Waals surface area contributed by atoms with Crippen LogP contribution in [0.2, 0.25) is 0 Å². The van der Waals surface area contributed by atoms with Gasteiger partial charge in [0.15, 0.2) is 15.0 Å². The van der Waals surface area contributed by atoms with Crippen molar-refractivity contribution >= 4 is 32.7 Å². The molecule has 0 N–H and O–H groups in total. The van der Waals surface area contributed by atoms with E-state index in [1.165, 1.54) is 11.8 Å². The lowest BCUT2D eigenvalue weighted by molar-refractivity contribution is -0.117. The predicted octanol–water partition coefficient (Wildman–Crippen LogP) is 1.29. The second-order valence-corrected chi connectivity index (χ2v) is 8.34. The molecule has 0 unspecified atom stereocenters. The zero-order valence-corrected chi connectivity index (χ0v) is 13.0. The third-order valence-corrected chi connectivity index (χ3v) is 6.73. The summed E-state index contributed by atoms with van der Waals surface area (Å²) >= 11 is 1.45. The Labute approximate surface area is 118 Å². The maximum Gasteiger partial charge on any atom is 0.248 e. The van der Waals surface area contributed by atoms with Crippen LogP contribution in [0, 0.1) is 0 Å². The molecular weight excluding hydrogens is 284 g/mol. The quantitative estimate of drug-likeness (QED) is 0.783. The molecule has 0 aromatic rings. The van der Waals surface area contributed by atoms with Gasteiger partial charge in [-0.3, -0.25) is 4.79 Å². The van der Waals surface area contributed by atoms with Crippen LogP contribution < -0.4 is 0 Å². The number of nitrogens with zero attached hydrogens (tertiary/aromatic N) is 2. The normalized spacial score (nSPS) is 30.8. The van der Waals surface area contributed by atoms with E-state index in [0.717, 1.165) is 12.8 Å². The molecule has 5 nitrogen and oxygen atoms in total. The second kappa shape index (κ2) is 5.83. The van der Waals surface area contributed by atoms with Gasteiger partial charge in [-0.25, -0.2) is 8.42 Å². The average Bonchev–Trinajstić information content (AvgIpc) is 2.77. The minimum atomic E-state index is -2.92. The Kier molecular flexibility index (Phi) is 4.55. The zero-order chi connectivity index (χ0) is 14.0. The molecule has 0 aliphatic carbocycles. The van der Waals surface area contributed by atoms with Gasteiger partial charge in [0.25, 0.3) is 0 Å². The number of hydrogen-bond acceptors (Lipinski definition) is 4. The molecule has 0 aromatic carbocycles. The third-order valence-electron chi connectivity index (χ3n) is 3.48. The summed E-state index contributed by atoms with van der Waals surface area (Å²) in [4.78, 5) is 17.9. The van der Waals surface area contributed by atoms with Crippen LogP contribution >= 0.6 is 11.8 Å². The van der Waals surface area contributed by atoms with Crippen LogP contribution in [0.1, 0.15) is 33.1 Å². The number of hydrogen-bond donors (Lipinski definition) is 0. The number of carbonyl (C=O) groups is 1. The van der Waals surface area contributed by atoms with Crippen molar-refractivity contribution in [2.45, 2.75) is 44.4 Å². The van der Waals surface area contributed by atoms with Crippen LogP contribution in [-0.4, -0.2) is 53.7 Å². The second-order valence-electron chi connectivity index (χ2n) is 4.98. The SMILES string of the molecule is CCCCC(=O)N=C1S[C@H]2CS(=O)(=O)C[C@H]2N1CC. The first-order valence-corrected chi connectivity index (χ1v) is 9.42. The lowest BCUT2D eigenvalue weighted by Gasteiger charge is -2.22. The lowest BCUT2D eigenvalue weighted by atomic mass is 10.2. The monoisotopic (exact) mass is 304 g/mol. The molecule has 0 spiro atoms. The summed E-state index contributed by atoms with van der Waals surface area (Å²) < 4.78 is 23.3. The molecule has 19 heavy (non-hydrogen) atoms. The fourth-order valence-corrected chi connectivity index (χ4v) is 6.53. The molecule has 2 atom stereocenters. The van der Waals surface area contributed by atoms with Gasteiger partial charge in [0.2, 0.25) is 5.91 Å². The van der Waals surface area contributed by atoms with Gasteiger partial charge in [0.05, 0.1) is 17.5 Å². The van der Waals surface area contributed by atoms with Crippen molar-refractivity contribution in [2.75, 3.05) is 18.1 Å². The molecule has 7 heteroatoms. The van der Waals surface area contributed by atoms with E-state index in [2.05, 4.69) is 4.99 Å². The van der Waals surface area contributed by atoms with Gasteiger partial charge in [-0.2, -0.15) is 4.99 Å². The Morgan fingerprint density at radius 1 is 1.42 bits per heavy atom. The van der Waals surface area contributed by atoms with Crippen molar-refractivity contribution in [3.8, 4) is 0 Å². The first kappa shape index (κ1) is 14.8. The average molecular weight is 304 g/mol. The number of rotatable bonds is 4. The minimum absolute atomic E-state index is 0.00211. The number of fused-ring (bicyclic) bond motifs is 1. The summed E-state index contributed by atoms with van der Waals surface area (Å²) in [6.07, 6.45) is 2.31. The van der Waals surface area contributed by atoms with Crippen LogP contribution in [-0.2, 0) is 14.6 Å². The summed E-state index contributed by atoms with van der Waals surface area (Å²) in [5.41, 5.74) is 0. The maximum atomic E-state index is 11.7. The van der Waals surface area contributed by atoms with Crippen LogP contribution in [0.15, 0.2) is 4.99 Å². The van der Waals surface area contributed by atoms with Crippen molar-refractivity contribution in [3.63, 3.8) is 0 Å². The Hall–Kier alpha value is -0.560. The molecule has 0 aromatic heterocycles. The van der Waals surface area contributed by atoms with E-state index in [0.29, 0.717) is 18.1 Å². The maximum absolute atomic E-state index is 11.7. The highest BCUT2D eigenvalue weighted by Gasteiger charge is 2.48. The number of amides is 1. The van der Waals surface area contributed by atoms with Gasteiger partial charge < -0.3 is 4.90 Å². The van der Waals surface area contributed by atoms with Crippen molar-refractivity contribution in [3.05, 3.63) is 0 Å². The summed E-state index contributed by atoms with van der Waals surface area (Å²) in [7, 11) is -2.92. The molecule has 2 fully saturated rings. The van der Waals surface area contributed by atoms with E-state index in [1.807, 2.05) is 18.7 Å². The van der Waals surface area contributed by atoms with Gasteiger partial charge in [-0.1, -0.05) is 25.1 Å². The highest BCUT2D eigenvalue weighted by atomic mass is 32.2. The number of sulfone groups is 1. The molecule has 2 aliphatic rings. The van der Waals surface area contributed by atoms with Crippen molar-refractivity contribution in [1.82, 2.24) is 4.90 Å². The highest BCUT2D eigenvalue weighted by Crippen LogP contribution is 2.37. The van der Waals surface area contributed by atoms with Crippen molar-refractivity contribution < 1.29 is 13.2 Å². The summed E-state index contributed by atoms with van der Waals surface area (Å²) in [5.74, 6) is 0.312. The number of carbonyl (C=O) groups excluding carboxylic acids is 1. The fraction of sp³-hybridized carbons (Fsp3) is 0.833. The van der Waals surface area contributed by atoms with E-state index in [4.69, 9.17) is 0 Å². The van der Waals surface area contributed by atoms with Gasteiger partial charge in [0.1, 0.15) is 0 Å². The molecule has 108 valence electrons. The topological polar surface area (TPSA) is 66.8 Å². The standard InChI is InChI=1S/C12H20N2O3S2/c1-3-5-6-11(15)13-12-14(4-2)9-7-19(16,17)8-10(9)18-12/h9-10H,3-8H2,1-2H3/t9-,10+/m1/s1. The number of aliphatic imine (C=N–C) groups is 1. The largest absolute Gasteiger partial charge is 0.346 e. The Bertz CT molecular complexity index is 487. The Balaban J connectivity index is 2.09. The van der Waals surface area contributed by atoms with E-state index >= 15 is 0 Å². The van der Waals surface area contributed by atoms with Crippen LogP contribution in [0.25, 0.3) is 0 Å². The lowest BCUT2D eigenvalue weighted by Crippen LogP contribution is -2.37. The molecule has 1 amide bonds. The number of amidine groups is 1. The summed E-state index contributed by atoms with van der Waals surface area (Å²) in [6, 6.07) is -0.00211. The summed E-state index contributed by atoms with van der Waals surface area (Å²) in [6.45, 7) is 4.71. The molecule has 0 bridgehead atoms. The van der Waals surface area contributed by atoms with Crippen molar-refractivity contribution in [1.29, 1.82) is 0 Å². The summed E-state index contributed by atoms with van der Waals surface area (Å²) in [5, 5.41) is 0.760. The van der Waals surface area contributed by atoms with E-state index in [1.54, 1.807) is 0 Å². The molecule has 0 radical (unpaired) electrons. The van der Waals surface area contributed by atoms with E-state index in [-0.39, 0.29) is 28.7 Å². The molecule has 2 heterocycles. The van der Waals surface area contributed by atoms with Crippen molar-refractivity contribution in [2.24, 2.45) is 4.99 Å². The van der Waals surface area contributed by atoms with E-state index in [9.17, 15) is 13.2 Å². The van der Waals surface area contributed by atoms with Gasteiger partial charge in [-0.15, -0.1) is 0 Å². The van der Waals surface area contributed by atoms with Gasteiger partial charge in [-0.05, 0) is 13.3 Å². The van der Waals surface area contributed by atoms with Crippen LogP contribution in [0.4, 0.5) is 0 Å². The van der Waals surface area contributed by atoms with Gasteiger partial charge >= 0.3 is 0 Å². The van der Waals surface area contributed by atoms with Crippen LogP contribution in [0.3, 0.4) is 0 Å². The number of unbranched alkanes of at least 4 members (excludes halogenated alkanes) is 1. The minimum Gasteiger partial charge on any atom is -0.346 e. The highest BCUT2D eigenvalue weighted by molar-refractivity contribution is 8.15. The first-order chi connectivity index (χ1) is 8.96. The van der Waals surface area contributed by atoms with Crippen LogP contribution in [0.5, 0.6) is 0 Å². The zero-order valence-electron chi connectivity index (χ0n) is 11.3. The smallest absolute Gasteiger partial charge is 0.248 e.